The van der Waals surface area contributed by atoms with Crippen LogP contribution in [0.1, 0.15) is 38.1 Å². The second-order valence-corrected chi connectivity index (χ2v) is 7.40. The highest BCUT2D eigenvalue weighted by molar-refractivity contribution is 7.13. The van der Waals surface area contributed by atoms with E-state index in [0.29, 0.717) is 0 Å². The van der Waals surface area contributed by atoms with E-state index in [1.54, 1.807) is 11.3 Å². The van der Waals surface area contributed by atoms with Crippen LogP contribution >= 0.6 is 11.3 Å². The maximum absolute atomic E-state index is 13.3. The van der Waals surface area contributed by atoms with Gasteiger partial charge in [0.05, 0.1) is 21.7 Å². The zero-order valence-corrected chi connectivity index (χ0v) is 15.3. The number of pyridine rings is 1. The van der Waals surface area contributed by atoms with Crippen molar-refractivity contribution in [3.8, 4) is 10.6 Å². The molecule has 0 saturated carbocycles. The van der Waals surface area contributed by atoms with Gasteiger partial charge in [-0.3, -0.25) is 4.79 Å². The fourth-order valence-electron chi connectivity index (χ4n) is 3.11. The highest BCUT2D eigenvalue weighted by Gasteiger charge is 2.24. The van der Waals surface area contributed by atoms with E-state index >= 15 is 0 Å². The van der Waals surface area contributed by atoms with Crippen molar-refractivity contribution in [3.63, 3.8) is 0 Å². The first-order valence-corrected chi connectivity index (χ1v) is 9.13. The third-order valence-electron chi connectivity index (χ3n) is 4.07. The molecule has 0 aliphatic heterocycles. The van der Waals surface area contributed by atoms with Gasteiger partial charge in [0, 0.05) is 17.5 Å². The van der Waals surface area contributed by atoms with Crippen LogP contribution in [0.5, 0.6) is 0 Å². The first-order chi connectivity index (χ1) is 11.5. The van der Waals surface area contributed by atoms with Crippen molar-refractivity contribution in [1.29, 1.82) is 0 Å². The summed E-state index contributed by atoms with van der Waals surface area (Å²) in [6, 6.07) is 14.2. The van der Waals surface area contributed by atoms with Gasteiger partial charge in [-0.15, -0.1) is 11.3 Å². The van der Waals surface area contributed by atoms with E-state index in [2.05, 4.69) is 27.7 Å². The second-order valence-electron chi connectivity index (χ2n) is 6.45. The predicted octanol–water partition coefficient (Wildman–Crippen LogP) is 5.22. The van der Waals surface area contributed by atoms with Crippen LogP contribution in [0.2, 0.25) is 0 Å². The minimum absolute atomic E-state index is 0.0661. The summed E-state index contributed by atoms with van der Waals surface area (Å²) in [5.74, 6) is 0.0661. The number of carbonyl (C=O) groups excluding carboxylic acids is 1. The molecule has 0 aliphatic carbocycles. The predicted molar refractivity (Wildman–Crippen MR) is 101 cm³/mol. The van der Waals surface area contributed by atoms with Crippen LogP contribution < -0.4 is 0 Å². The van der Waals surface area contributed by atoms with Gasteiger partial charge in [-0.1, -0.05) is 24.3 Å². The van der Waals surface area contributed by atoms with Gasteiger partial charge in [0.25, 0.3) is 5.91 Å². The van der Waals surface area contributed by atoms with E-state index in [9.17, 15) is 4.79 Å². The molecule has 0 atom stereocenters. The van der Waals surface area contributed by atoms with Crippen LogP contribution in [0.25, 0.3) is 21.5 Å². The second kappa shape index (κ2) is 6.73. The Labute approximate surface area is 147 Å². The number of para-hydroxylation sites is 1. The lowest BCUT2D eigenvalue weighted by atomic mass is 10.0. The Bertz CT molecular complexity index is 845. The first kappa shape index (κ1) is 16.7. The van der Waals surface area contributed by atoms with Crippen molar-refractivity contribution >= 4 is 28.1 Å². The molecule has 24 heavy (non-hydrogen) atoms. The Balaban J connectivity index is 2.20. The minimum atomic E-state index is 0.0661. The molecule has 124 valence electrons. The van der Waals surface area contributed by atoms with Gasteiger partial charge >= 0.3 is 0 Å². The molecule has 3 aromatic rings. The summed E-state index contributed by atoms with van der Waals surface area (Å²) in [7, 11) is 0. The largest absolute Gasteiger partial charge is 0.334 e. The molecule has 1 amide bonds. The Hall–Kier alpha value is -2.20. The fourth-order valence-corrected chi connectivity index (χ4v) is 3.79. The molecule has 2 aromatic heterocycles. The molecule has 3 nitrogen and oxygen atoms in total. The molecule has 3 rings (SSSR count). The number of amides is 1. The number of hydrogen-bond donors (Lipinski definition) is 0. The summed E-state index contributed by atoms with van der Waals surface area (Å²) in [5.41, 5.74) is 2.45. The van der Waals surface area contributed by atoms with Crippen molar-refractivity contribution in [2.75, 3.05) is 0 Å². The molecule has 4 heteroatoms. The topological polar surface area (TPSA) is 33.2 Å². The zero-order valence-electron chi connectivity index (χ0n) is 14.5. The van der Waals surface area contributed by atoms with Crippen molar-refractivity contribution in [2.45, 2.75) is 39.8 Å². The fraction of sp³-hybridized carbons (Fsp3) is 0.300. The van der Waals surface area contributed by atoms with Crippen molar-refractivity contribution in [3.05, 3.63) is 53.4 Å². The molecule has 0 spiro atoms. The van der Waals surface area contributed by atoms with Gasteiger partial charge in [-0.25, -0.2) is 4.98 Å². The maximum atomic E-state index is 13.3. The number of aromatic nitrogens is 1. The van der Waals surface area contributed by atoms with Gasteiger partial charge in [0.1, 0.15) is 0 Å². The highest BCUT2D eigenvalue weighted by atomic mass is 32.1. The third kappa shape index (κ3) is 3.06. The highest BCUT2D eigenvalue weighted by Crippen LogP contribution is 2.29. The van der Waals surface area contributed by atoms with Gasteiger partial charge in [-0.2, -0.15) is 0 Å². The SMILES string of the molecule is CC(C)N(C(=O)c1cc(-c2cccs2)nc2ccccc12)C(C)C. The van der Waals surface area contributed by atoms with E-state index in [-0.39, 0.29) is 18.0 Å². The third-order valence-corrected chi connectivity index (χ3v) is 4.96. The van der Waals surface area contributed by atoms with Crippen LogP contribution in [-0.2, 0) is 0 Å². The molecule has 2 heterocycles. The normalized spacial score (nSPS) is 11.4. The Kier molecular flexibility index (Phi) is 4.67. The molecule has 0 unspecified atom stereocenters. The number of thiophene rings is 1. The van der Waals surface area contributed by atoms with E-state index in [1.807, 2.05) is 52.7 Å². The van der Waals surface area contributed by atoms with E-state index in [4.69, 9.17) is 4.98 Å². The van der Waals surface area contributed by atoms with E-state index in [1.165, 1.54) is 0 Å². The Morgan fingerprint density at radius 2 is 1.75 bits per heavy atom. The monoisotopic (exact) mass is 338 g/mol. The summed E-state index contributed by atoms with van der Waals surface area (Å²) in [6.45, 7) is 8.23. The Morgan fingerprint density at radius 3 is 2.38 bits per heavy atom. The maximum Gasteiger partial charge on any atom is 0.255 e. The number of hydrogen-bond acceptors (Lipinski definition) is 3. The van der Waals surface area contributed by atoms with Crippen LogP contribution in [-0.4, -0.2) is 27.9 Å². The summed E-state index contributed by atoms with van der Waals surface area (Å²) in [5, 5.41) is 2.94. The molecule has 0 saturated heterocycles. The van der Waals surface area contributed by atoms with E-state index in [0.717, 1.165) is 27.0 Å². The van der Waals surface area contributed by atoms with Gasteiger partial charge in [0.15, 0.2) is 0 Å². The summed E-state index contributed by atoms with van der Waals surface area (Å²) in [6.07, 6.45) is 0. The quantitative estimate of drug-likeness (QED) is 0.653. The number of benzene rings is 1. The zero-order chi connectivity index (χ0) is 17.3. The summed E-state index contributed by atoms with van der Waals surface area (Å²) >= 11 is 1.64. The molecule has 0 fully saturated rings. The van der Waals surface area contributed by atoms with Crippen LogP contribution in [0, 0.1) is 0 Å². The average Bonchev–Trinajstić information content (AvgIpc) is 3.07. The lowest BCUT2D eigenvalue weighted by Gasteiger charge is -2.31. The van der Waals surface area contributed by atoms with Crippen molar-refractivity contribution in [1.82, 2.24) is 9.88 Å². The number of fused-ring (bicyclic) bond motifs is 1. The number of nitrogens with zero attached hydrogens (tertiary/aromatic N) is 2. The standard InChI is InChI=1S/C20H22N2OS/c1-13(2)22(14(3)4)20(23)16-12-18(19-10-7-11-24-19)21-17-9-6-5-8-15(16)17/h5-14H,1-4H3. The smallest absolute Gasteiger partial charge is 0.255 e. The molecular weight excluding hydrogens is 316 g/mol. The van der Waals surface area contributed by atoms with Gasteiger partial charge in [0.2, 0.25) is 0 Å². The van der Waals surface area contributed by atoms with Gasteiger partial charge in [-0.05, 0) is 51.3 Å². The van der Waals surface area contributed by atoms with Crippen LogP contribution in [0.3, 0.4) is 0 Å². The lowest BCUT2D eigenvalue weighted by molar-refractivity contribution is 0.0646. The molecule has 0 radical (unpaired) electrons. The van der Waals surface area contributed by atoms with Crippen LogP contribution in [0.15, 0.2) is 47.8 Å². The first-order valence-electron chi connectivity index (χ1n) is 8.25. The molecule has 1 aromatic carbocycles. The molecule has 0 N–H and O–H groups in total. The summed E-state index contributed by atoms with van der Waals surface area (Å²) < 4.78 is 0. The molecular formula is C20H22N2OS. The molecule has 0 aliphatic rings. The lowest BCUT2D eigenvalue weighted by Crippen LogP contribution is -2.42. The van der Waals surface area contributed by atoms with Crippen molar-refractivity contribution in [2.24, 2.45) is 0 Å². The van der Waals surface area contributed by atoms with E-state index < -0.39 is 0 Å². The summed E-state index contributed by atoms with van der Waals surface area (Å²) in [4.78, 5) is 21.0. The van der Waals surface area contributed by atoms with Gasteiger partial charge < -0.3 is 4.90 Å². The number of carbonyl (C=O) groups is 1. The Morgan fingerprint density at radius 1 is 1.04 bits per heavy atom. The number of rotatable bonds is 4. The minimum Gasteiger partial charge on any atom is -0.334 e. The molecule has 0 bridgehead atoms. The van der Waals surface area contributed by atoms with Crippen LogP contribution in [0.4, 0.5) is 0 Å². The average molecular weight is 338 g/mol. The van der Waals surface area contributed by atoms with Crippen molar-refractivity contribution < 1.29 is 4.79 Å².